The van der Waals surface area contributed by atoms with E-state index in [1.165, 1.54) is 23.6 Å². The minimum atomic E-state index is -0.800. The standard InChI is InChI=1S/C14H20Cl2OSi/c1-11(2)10-18-9-5-7-12-6-3-4-8-13(12)17-14(15)16/h3-4,6,8,10,14H,5,7,9,18H2,1-2H3. The normalized spacial score (nSPS) is 11.2. The summed E-state index contributed by atoms with van der Waals surface area (Å²) in [5.41, 5.74) is 5.04. The highest BCUT2D eigenvalue weighted by Crippen LogP contribution is 2.23. The van der Waals surface area contributed by atoms with Gasteiger partial charge in [-0.15, -0.1) is 5.70 Å². The number of aryl methyl sites for hydroxylation is 1. The summed E-state index contributed by atoms with van der Waals surface area (Å²) in [6, 6.07) is 9.28. The molecule has 0 spiro atoms. The van der Waals surface area contributed by atoms with Crippen LogP contribution in [0.15, 0.2) is 35.5 Å². The van der Waals surface area contributed by atoms with Gasteiger partial charge in [0.15, 0.2) is 0 Å². The lowest BCUT2D eigenvalue weighted by molar-refractivity contribution is 0.350. The third-order valence-electron chi connectivity index (χ3n) is 2.64. The van der Waals surface area contributed by atoms with Gasteiger partial charge in [-0.3, -0.25) is 0 Å². The SMILES string of the molecule is CC(C)=C[SiH2]CCCc1ccccc1OC(Cl)Cl. The maximum atomic E-state index is 5.65. The van der Waals surface area contributed by atoms with E-state index < -0.39 is 5.02 Å². The van der Waals surface area contributed by atoms with Gasteiger partial charge >= 0.3 is 0 Å². The summed E-state index contributed by atoms with van der Waals surface area (Å²) in [5, 5.41) is -0.800. The molecular weight excluding hydrogens is 283 g/mol. The van der Waals surface area contributed by atoms with E-state index in [-0.39, 0.29) is 9.52 Å². The molecule has 0 N–H and O–H groups in total. The Morgan fingerprint density at radius 2 is 2.06 bits per heavy atom. The molecule has 1 aromatic rings. The van der Waals surface area contributed by atoms with E-state index >= 15 is 0 Å². The molecule has 0 saturated heterocycles. The smallest absolute Gasteiger partial charge is 0.247 e. The summed E-state index contributed by atoms with van der Waals surface area (Å²) < 4.78 is 5.37. The number of halogens is 2. The van der Waals surface area contributed by atoms with Gasteiger partial charge in [0, 0.05) is 9.52 Å². The second-order valence-corrected chi connectivity index (χ2v) is 7.22. The van der Waals surface area contributed by atoms with Crippen LogP contribution in [0.4, 0.5) is 0 Å². The Morgan fingerprint density at radius 1 is 1.33 bits per heavy atom. The molecule has 0 aromatic heterocycles. The average molecular weight is 303 g/mol. The Kier molecular flexibility index (Phi) is 7.48. The van der Waals surface area contributed by atoms with E-state index in [2.05, 4.69) is 25.6 Å². The first-order valence-corrected chi connectivity index (χ1v) is 8.94. The van der Waals surface area contributed by atoms with Crippen molar-refractivity contribution in [2.45, 2.75) is 37.8 Å². The fourth-order valence-electron chi connectivity index (χ4n) is 1.77. The lowest BCUT2D eigenvalue weighted by atomic mass is 10.1. The molecule has 0 aliphatic heterocycles. The first kappa shape index (κ1) is 15.6. The largest absolute Gasteiger partial charge is 0.460 e. The molecule has 1 nitrogen and oxygen atoms in total. The summed E-state index contributed by atoms with van der Waals surface area (Å²) in [5.74, 6) is 0.802. The van der Waals surface area contributed by atoms with Gasteiger partial charge in [0.2, 0.25) is 5.02 Å². The second-order valence-electron chi connectivity index (χ2n) is 4.51. The van der Waals surface area contributed by atoms with Gasteiger partial charge in [0.1, 0.15) is 5.75 Å². The van der Waals surface area contributed by atoms with Gasteiger partial charge in [-0.05, 0) is 31.9 Å². The highest BCUT2D eigenvalue weighted by molar-refractivity contribution is 6.43. The highest BCUT2D eigenvalue weighted by Gasteiger charge is 2.06. The molecule has 0 heterocycles. The fourth-order valence-corrected chi connectivity index (χ4v) is 3.28. The quantitative estimate of drug-likeness (QED) is 0.415. The van der Waals surface area contributed by atoms with Gasteiger partial charge in [0.05, 0.1) is 0 Å². The molecule has 18 heavy (non-hydrogen) atoms. The van der Waals surface area contributed by atoms with Crippen molar-refractivity contribution in [1.29, 1.82) is 0 Å². The van der Waals surface area contributed by atoms with Crippen molar-refractivity contribution in [1.82, 2.24) is 0 Å². The lowest BCUT2D eigenvalue weighted by Gasteiger charge is -2.11. The number of hydrogen-bond acceptors (Lipinski definition) is 1. The Bertz CT molecular complexity index is 387. The molecule has 1 aromatic carbocycles. The predicted octanol–water partition coefficient (Wildman–Crippen LogP) is 4.27. The summed E-state index contributed by atoms with van der Waals surface area (Å²) >= 11 is 11.3. The van der Waals surface area contributed by atoms with Crippen LogP contribution in [0.1, 0.15) is 25.8 Å². The van der Waals surface area contributed by atoms with E-state index in [0.29, 0.717) is 0 Å². The number of hydrogen-bond donors (Lipinski definition) is 0. The number of allylic oxidation sites excluding steroid dienone is 1. The molecule has 0 aliphatic carbocycles. The van der Waals surface area contributed by atoms with Gasteiger partial charge in [0.25, 0.3) is 0 Å². The van der Waals surface area contributed by atoms with Gasteiger partial charge < -0.3 is 4.74 Å². The first-order chi connectivity index (χ1) is 8.59. The molecule has 0 amide bonds. The van der Waals surface area contributed by atoms with Crippen LogP contribution in [0, 0.1) is 0 Å². The summed E-state index contributed by atoms with van der Waals surface area (Å²) in [6.07, 6.45) is 2.23. The minimum absolute atomic E-state index is 0.0412. The lowest BCUT2D eigenvalue weighted by Crippen LogP contribution is -2.02. The molecule has 0 saturated carbocycles. The highest BCUT2D eigenvalue weighted by atomic mass is 35.5. The van der Waals surface area contributed by atoms with Crippen molar-refractivity contribution < 1.29 is 4.74 Å². The van der Waals surface area contributed by atoms with Crippen molar-refractivity contribution in [3.05, 3.63) is 41.1 Å². The van der Waals surface area contributed by atoms with Crippen LogP contribution in [0.25, 0.3) is 0 Å². The predicted molar refractivity (Wildman–Crippen MR) is 83.7 cm³/mol. The van der Waals surface area contributed by atoms with Gasteiger partial charge in [-0.1, -0.05) is 59.4 Å². The summed E-state index contributed by atoms with van der Waals surface area (Å²) in [4.78, 5) is 0. The third kappa shape index (κ3) is 6.48. The molecule has 0 fully saturated rings. The molecule has 0 aliphatic rings. The number of alkyl halides is 2. The zero-order chi connectivity index (χ0) is 13.4. The third-order valence-corrected chi connectivity index (χ3v) is 4.83. The van der Waals surface area contributed by atoms with Crippen LogP contribution in [0.5, 0.6) is 5.75 Å². The zero-order valence-electron chi connectivity index (χ0n) is 11.0. The monoisotopic (exact) mass is 302 g/mol. The van der Waals surface area contributed by atoms with E-state index in [1.807, 2.05) is 18.2 Å². The van der Waals surface area contributed by atoms with Crippen LogP contribution in [-0.2, 0) is 6.42 Å². The molecule has 0 unspecified atom stereocenters. The minimum Gasteiger partial charge on any atom is -0.460 e. The first-order valence-electron chi connectivity index (χ1n) is 6.25. The Balaban J connectivity index is 2.44. The van der Waals surface area contributed by atoms with Gasteiger partial charge in [-0.2, -0.15) is 0 Å². The second kappa shape index (κ2) is 8.62. The molecule has 0 bridgehead atoms. The van der Waals surface area contributed by atoms with Crippen LogP contribution in [0.2, 0.25) is 6.04 Å². The van der Waals surface area contributed by atoms with Crippen LogP contribution in [-0.4, -0.2) is 14.5 Å². The summed E-state index contributed by atoms with van der Waals surface area (Å²) in [7, 11) is -0.0412. The van der Waals surface area contributed by atoms with E-state index in [1.54, 1.807) is 0 Å². The molecule has 100 valence electrons. The average Bonchev–Trinajstić information content (AvgIpc) is 2.29. The Labute approximate surface area is 122 Å². The van der Waals surface area contributed by atoms with Crippen molar-refractivity contribution in [3.8, 4) is 5.75 Å². The van der Waals surface area contributed by atoms with Crippen molar-refractivity contribution in [2.75, 3.05) is 0 Å². The number of rotatable bonds is 7. The van der Waals surface area contributed by atoms with Crippen molar-refractivity contribution >= 4 is 32.7 Å². The van der Waals surface area contributed by atoms with Crippen molar-refractivity contribution in [2.24, 2.45) is 0 Å². The van der Waals surface area contributed by atoms with Crippen LogP contribution < -0.4 is 4.74 Å². The van der Waals surface area contributed by atoms with Crippen molar-refractivity contribution in [3.63, 3.8) is 0 Å². The maximum absolute atomic E-state index is 5.65. The molecule has 0 atom stereocenters. The number of para-hydroxylation sites is 1. The Morgan fingerprint density at radius 3 is 2.72 bits per heavy atom. The van der Waals surface area contributed by atoms with E-state index in [9.17, 15) is 0 Å². The molecule has 0 radical (unpaired) electrons. The summed E-state index contributed by atoms with van der Waals surface area (Å²) in [6.45, 7) is 4.33. The maximum Gasteiger partial charge on any atom is 0.247 e. The van der Waals surface area contributed by atoms with Crippen LogP contribution in [0.3, 0.4) is 0 Å². The number of benzene rings is 1. The molecule has 4 heteroatoms. The van der Waals surface area contributed by atoms with Gasteiger partial charge in [-0.25, -0.2) is 0 Å². The molecular formula is C14H20Cl2OSi. The fraction of sp³-hybridized carbons (Fsp3) is 0.429. The van der Waals surface area contributed by atoms with E-state index in [4.69, 9.17) is 27.9 Å². The van der Waals surface area contributed by atoms with Crippen LogP contribution >= 0.6 is 23.2 Å². The Hall–Kier alpha value is -0.443. The zero-order valence-corrected chi connectivity index (χ0v) is 13.9. The van der Waals surface area contributed by atoms with E-state index in [0.717, 1.165) is 12.2 Å². The molecule has 1 rings (SSSR count). The number of ether oxygens (including phenoxy) is 1. The topological polar surface area (TPSA) is 9.23 Å².